The molecule has 160 valence electrons. The Bertz CT molecular complexity index is 950. The number of sulfone groups is 1. The first-order chi connectivity index (χ1) is 13.5. The average Bonchev–Trinajstić information content (AvgIpc) is 2.62. The Labute approximate surface area is 170 Å². The van der Waals surface area contributed by atoms with Gasteiger partial charge in [0.25, 0.3) is 5.88 Å². The maximum absolute atomic E-state index is 14.0. The quantitative estimate of drug-likeness (QED) is 0.357. The fourth-order valence-corrected chi connectivity index (χ4v) is 3.78. The maximum Gasteiger partial charge on any atom is 0.354 e. The molecule has 0 aromatic carbocycles. The summed E-state index contributed by atoms with van der Waals surface area (Å²) in [5.74, 6) is -1.57. The lowest BCUT2D eigenvalue weighted by Crippen LogP contribution is -2.19. The van der Waals surface area contributed by atoms with Crippen LogP contribution in [0, 0.1) is 28.4 Å². The number of ether oxygens (including phenoxy) is 1. The molecule has 1 unspecified atom stereocenters. The second kappa shape index (κ2) is 11.2. The predicted octanol–water partition coefficient (Wildman–Crippen LogP) is 4.26. The van der Waals surface area contributed by atoms with E-state index in [2.05, 4.69) is 9.97 Å². The molecule has 9 nitrogen and oxygen atoms in total. The van der Waals surface area contributed by atoms with E-state index in [0.717, 1.165) is 12.2 Å². The lowest BCUT2D eigenvalue weighted by molar-refractivity contribution is -0.387. The number of halogens is 1. The molecule has 0 aliphatic carbocycles. The van der Waals surface area contributed by atoms with Crippen LogP contribution in [0.3, 0.4) is 0 Å². The van der Waals surface area contributed by atoms with Crippen LogP contribution in [0.5, 0.6) is 5.88 Å². The Morgan fingerprint density at radius 2 is 1.83 bits per heavy atom. The molecule has 1 atom stereocenters. The standard InChI is InChI=1S/C16H19FN4O5S.C2H6/c1-6-11(17)12(7-2)27(24,25)13(8-18)14-15(21(22)23)16(26-9(3)4)20-10(5)19-14;1-2/h6-7,9,13H,1-5H3;1-2H3/b11-6+,12-7+;. The molecule has 0 saturated heterocycles. The summed E-state index contributed by atoms with van der Waals surface area (Å²) in [6.45, 7) is 11.1. The summed E-state index contributed by atoms with van der Waals surface area (Å²) in [6.07, 6.45) is 1.38. The molecule has 0 spiro atoms. The molecule has 1 aromatic heterocycles. The van der Waals surface area contributed by atoms with Gasteiger partial charge in [-0.3, -0.25) is 10.1 Å². The summed E-state index contributed by atoms with van der Waals surface area (Å²) in [5, 5.41) is 18.9. The van der Waals surface area contributed by atoms with E-state index in [0.29, 0.717) is 0 Å². The van der Waals surface area contributed by atoms with Gasteiger partial charge in [0.2, 0.25) is 15.1 Å². The number of rotatable bonds is 7. The Balaban J connectivity index is 0.00000379. The van der Waals surface area contributed by atoms with Gasteiger partial charge in [0.1, 0.15) is 11.7 Å². The molecular weight excluding hydrogens is 403 g/mol. The Hall–Kier alpha value is -2.87. The zero-order valence-corrected chi connectivity index (χ0v) is 18.2. The van der Waals surface area contributed by atoms with Crippen LogP contribution in [-0.2, 0) is 9.84 Å². The van der Waals surface area contributed by atoms with E-state index in [1.54, 1.807) is 13.8 Å². The van der Waals surface area contributed by atoms with Crippen molar-refractivity contribution in [2.75, 3.05) is 0 Å². The largest absolute Gasteiger partial charge is 0.470 e. The van der Waals surface area contributed by atoms with Crippen LogP contribution in [0.2, 0.25) is 0 Å². The fourth-order valence-electron chi connectivity index (χ4n) is 2.21. The number of hydrogen-bond acceptors (Lipinski definition) is 8. The number of hydrogen-bond donors (Lipinski definition) is 0. The molecule has 1 heterocycles. The summed E-state index contributed by atoms with van der Waals surface area (Å²) in [4.78, 5) is 17.5. The van der Waals surface area contributed by atoms with Crippen molar-refractivity contribution in [1.29, 1.82) is 5.26 Å². The molecule has 1 aromatic rings. The summed E-state index contributed by atoms with van der Waals surface area (Å²) >= 11 is 0. The first-order valence-corrected chi connectivity index (χ1v) is 10.4. The van der Waals surface area contributed by atoms with Gasteiger partial charge in [0, 0.05) is 0 Å². The van der Waals surface area contributed by atoms with Gasteiger partial charge < -0.3 is 4.74 Å². The number of nitrogens with zero attached hydrogens (tertiary/aromatic N) is 4. The summed E-state index contributed by atoms with van der Waals surface area (Å²) in [6, 6.07) is 1.48. The number of nitro groups is 1. The van der Waals surface area contributed by atoms with Gasteiger partial charge >= 0.3 is 5.69 Å². The molecule has 29 heavy (non-hydrogen) atoms. The molecule has 0 saturated carbocycles. The Kier molecular flexibility index (Phi) is 10.1. The number of nitriles is 1. The highest BCUT2D eigenvalue weighted by Gasteiger charge is 2.41. The first kappa shape index (κ1) is 26.1. The summed E-state index contributed by atoms with van der Waals surface area (Å²) in [7, 11) is -4.64. The van der Waals surface area contributed by atoms with Crippen molar-refractivity contribution in [1.82, 2.24) is 9.97 Å². The maximum atomic E-state index is 14.0. The van der Waals surface area contributed by atoms with Gasteiger partial charge in [-0.05, 0) is 34.6 Å². The second-order valence-electron chi connectivity index (χ2n) is 5.58. The molecule has 0 aliphatic rings. The number of aromatic nitrogens is 2. The molecule has 0 aliphatic heterocycles. The van der Waals surface area contributed by atoms with E-state index in [1.807, 2.05) is 13.8 Å². The second-order valence-corrected chi connectivity index (χ2v) is 7.58. The Morgan fingerprint density at radius 3 is 2.21 bits per heavy atom. The first-order valence-electron chi connectivity index (χ1n) is 8.82. The van der Waals surface area contributed by atoms with Gasteiger partial charge in [0.05, 0.1) is 22.0 Å². The van der Waals surface area contributed by atoms with E-state index in [1.165, 1.54) is 26.8 Å². The smallest absolute Gasteiger partial charge is 0.354 e. The van der Waals surface area contributed by atoms with Crippen molar-refractivity contribution in [2.45, 2.75) is 59.8 Å². The van der Waals surface area contributed by atoms with Crippen LogP contribution in [-0.4, -0.2) is 29.4 Å². The number of allylic oxidation sites excluding steroid dienone is 3. The van der Waals surface area contributed by atoms with Crippen LogP contribution >= 0.6 is 0 Å². The van der Waals surface area contributed by atoms with Crippen molar-refractivity contribution in [3.63, 3.8) is 0 Å². The van der Waals surface area contributed by atoms with Crippen molar-refractivity contribution < 1.29 is 22.5 Å². The molecule has 11 heteroatoms. The van der Waals surface area contributed by atoms with Crippen molar-refractivity contribution in [2.24, 2.45) is 0 Å². The van der Waals surface area contributed by atoms with Crippen molar-refractivity contribution in [3.05, 3.63) is 44.5 Å². The highest BCUT2D eigenvalue weighted by Crippen LogP contribution is 2.39. The summed E-state index contributed by atoms with van der Waals surface area (Å²) < 4.78 is 44.9. The van der Waals surface area contributed by atoms with E-state index in [-0.39, 0.29) is 5.82 Å². The highest BCUT2D eigenvalue weighted by molar-refractivity contribution is 7.96. The predicted molar refractivity (Wildman–Crippen MR) is 106 cm³/mol. The normalized spacial score (nSPS) is 13.2. The molecule has 0 N–H and O–H groups in total. The van der Waals surface area contributed by atoms with Crippen LogP contribution in [0.25, 0.3) is 0 Å². The Morgan fingerprint density at radius 1 is 1.28 bits per heavy atom. The van der Waals surface area contributed by atoms with Gasteiger partial charge in [-0.2, -0.15) is 10.2 Å². The molecule has 0 bridgehead atoms. The lowest BCUT2D eigenvalue weighted by atomic mass is 10.2. The molecule has 0 amide bonds. The third-order valence-corrected chi connectivity index (χ3v) is 5.25. The monoisotopic (exact) mass is 428 g/mol. The minimum atomic E-state index is -4.64. The van der Waals surface area contributed by atoms with E-state index >= 15 is 0 Å². The topological polar surface area (TPSA) is 136 Å². The average molecular weight is 428 g/mol. The number of aryl methyl sites for hydroxylation is 1. The van der Waals surface area contributed by atoms with Gasteiger partial charge in [-0.25, -0.2) is 17.8 Å². The molecule has 0 radical (unpaired) electrons. The fraction of sp³-hybridized carbons (Fsp3) is 0.500. The highest BCUT2D eigenvalue weighted by atomic mass is 32.2. The van der Waals surface area contributed by atoms with Gasteiger partial charge in [0.15, 0.2) is 5.69 Å². The van der Waals surface area contributed by atoms with Crippen LogP contribution < -0.4 is 4.74 Å². The minimum Gasteiger partial charge on any atom is -0.470 e. The molecular formula is C18H25FN4O5S. The summed E-state index contributed by atoms with van der Waals surface area (Å²) in [5.41, 5.74) is -1.52. The zero-order valence-electron chi connectivity index (χ0n) is 17.4. The van der Waals surface area contributed by atoms with Crippen molar-refractivity contribution >= 4 is 15.5 Å². The molecule has 0 fully saturated rings. The molecule has 1 rings (SSSR count). The van der Waals surface area contributed by atoms with Gasteiger partial charge in [-0.1, -0.05) is 26.0 Å². The van der Waals surface area contributed by atoms with E-state index in [9.17, 15) is 28.2 Å². The zero-order chi connectivity index (χ0) is 22.9. The third kappa shape index (κ3) is 6.05. The van der Waals surface area contributed by atoms with Crippen molar-refractivity contribution in [3.8, 4) is 11.9 Å². The third-order valence-electron chi connectivity index (χ3n) is 3.25. The van der Waals surface area contributed by atoms with Crippen LogP contribution in [0.15, 0.2) is 22.9 Å². The van der Waals surface area contributed by atoms with Gasteiger partial charge in [-0.15, -0.1) is 0 Å². The van der Waals surface area contributed by atoms with Crippen LogP contribution in [0.1, 0.15) is 58.3 Å². The van der Waals surface area contributed by atoms with Crippen LogP contribution in [0.4, 0.5) is 10.1 Å². The van der Waals surface area contributed by atoms with E-state index < -0.39 is 54.1 Å². The SMILES string of the molecule is C/C=C(F)\C(=C/C)S(=O)(=O)C(C#N)c1nc(C)nc(OC(C)C)c1[N+](=O)[O-].CC. The lowest BCUT2D eigenvalue weighted by Gasteiger charge is -2.15. The van der Waals surface area contributed by atoms with E-state index in [4.69, 9.17) is 4.74 Å². The minimum absolute atomic E-state index is 0.0322.